The molecule has 1 aliphatic heterocycles. The minimum atomic E-state index is -1.64. The van der Waals surface area contributed by atoms with E-state index in [1.807, 2.05) is 0 Å². The van der Waals surface area contributed by atoms with Gasteiger partial charge in [-0.1, -0.05) is 0 Å². The zero-order valence-electron chi connectivity index (χ0n) is 5.42. The second-order valence-electron chi connectivity index (χ2n) is 1.92. The average molecular weight is 208 g/mol. The third-order valence-corrected chi connectivity index (χ3v) is 1.83. The molecule has 1 heterocycles. The Balaban J connectivity index is 2.74. The van der Waals surface area contributed by atoms with Gasteiger partial charge in [0, 0.05) is 13.3 Å². The van der Waals surface area contributed by atoms with Crippen LogP contribution in [0, 0.1) is 0 Å². The van der Waals surface area contributed by atoms with Crippen LogP contribution < -0.4 is 0 Å². The van der Waals surface area contributed by atoms with Gasteiger partial charge in [0.15, 0.2) is 6.23 Å². The van der Waals surface area contributed by atoms with E-state index in [0.29, 0.717) is 0 Å². The Labute approximate surface area is 66.9 Å². The molecule has 2 atom stereocenters. The molecule has 2 nitrogen and oxygen atoms in total. The number of ether oxygens (including phenoxy) is 1. The summed E-state index contributed by atoms with van der Waals surface area (Å²) >= 11 is 2.83. The van der Waals surface area contributed by atoms with Crippen molar-refractivity contribution in [2.45, 2.75) is 10.8 Å². The standard InChI is InChI=1S/C6H7BrFNO/c1-10-5-6(7,8)3-2-4-9-5/h2-5H,1H3. The zero-order chi connectivity index (χ0) is 7.61. The van der Waals surface area contributed by atoms with E-state index in [0.717, 1.165) is 0 Å². The topological polar surface area (TPSA) is 21.6 Å². The van der Waals surface area contributed by atoms with Gasteiger partial charge >= 0.3 is 0 Å². The summed E-state index contributed by atoms with van der Waals surface area (Å²) in [6, 6.07) is 0. The van der Waals surface area contributed by atoms with Crippen molar-refractivity contribution in [1.82, 2.24) is 0 Å². The molecule has 1 rings (SSSR count). The monoisotopic (exact) mass is 207 g/mol. The lowest BCUT2D eigenvalue weighted by molar-refractivity contribution is 0.0454. The van der Waals surface area contributed by atoms with E-state index < -0.39 is 10.8 Å². The summed E-state index contributed by atoms with van der Waals surface area (Å²) in [6.07, 6.45) is 3.63. The molecule has 0 aromatic carbocycles. The molecule has 0 saturated carbocycles. The second-order valence-corrected chi connectivity index (χ2v) is 3.14. The Hall–Kier alpha value is -0.220. The first-order chi connectivity index (χ1) is 4.67. The maximum Gasteiger partial charge on any atom is 0.229 e. The molecular formula is C6H7BrFNO. The van der Waals surface area contributed by atoms with Crippen LogP contribution in [-0.4, -0.2) is 24.1 Å². The van der Waals surface area contributed by atoms with Gasteiger partial charge in [0.05, 0.1) is 0 Å². The highest BCUT2D eigenvalue weighted by molar-refractivity contribution is 9.10. The quantitative estimate of drug-likeness (QED) is 0.600. The summed E-state index contributed by atoms with van der Waals surface area (Å²) in [6.45, 7) is 0. The number of alkyl halides is 2. The van der Waals surface area contributed by atoms with Gasteiger partial charge in [-0.15, -0.1) is 0 Å². The zero-order valence-corrected chi connectivity index (χ0v) is 7.01. The number of hydrogen-bond acceptors (Lipinski definition) is 2. The lowest BCUT2D eigenvalue weighted by atomic mass is 10.3. The molecule has 2 unspecified atom stereocenters. The van der Waals surface area contributed by atoms with Crippen molar-refractivity contribution in [3.05, 3.63) is 12.2 Å². The fourth-order valence-corrected chi connectivity index (χ4v) is 1.16. The molecule has 0 amide bonds. The Kier molecular flexibility index (Phi) is 2.21. The van der Waals surface area contributed by atoms with E-state index in [9.17, 15) is 4.39 Å². The van der Waals surface area contributed by atoms with Gasteiger partial charge in [0.2, 0.25) is 4.58 Å². The predicted octanol–water partition coefficient (Wildman–Crippen LogP) is 1.66. The van der Waals surface area contributed by atoms with E-state index in [4.69, 9.17) is 4.74 Å². The lowest BCUT2D eigenvalue weighted by Crippen LogP contribution is -2.31. The molecule has 0 saturated heterocycles. The van der Waals surface area contributed by atoms with Crippen LogP contribution in [0.15, 0.2) is 17.1 Å². The summed E-state index contributed by atoms with van der Waals surface area (Å²) in [7, 11) is 1.41. The van der Waals surface area contributed by atoms with Crippen LogP contribution in [0.2, 0.25) is 0 Å². The normalized spacial score (nSPS) is 38.5. The van der Waals surface area contributed by atoms with Gasteiger partial charge in [0.1, 0.15) is 0 Å². The lowest BCUT2D eigenvalue weighted by Gasteiger charge is -2.22. The molecule has 0 N–H and O–H groups in total. The third kappa shape index (κ3) is 1.44. The SMILES string of the molecule is COC1N=CC=CC1(F)Br. The van der Waals surface area contributed by atoms with Gasteiger partial charge in [0.25, 0.3) is 0 Å². The summed E-state index contributed by atoms with van der Waals surface area (Å²) in [5.41, 5.74) is 0. The van der Waals surface area contributed by atoms with E-state index in [-0.39, 0.29) is 0 Å². The van der Waals surface area contributed by atoms with Gasteiger partial charge in [-0.25, -0.2) is 4.39 Å². The average Bonchev–Trinajstić information content (AvgIpc) is 1.87. The van der Waals surface area contributed by atoms with Crippen LogP contribution in [0.4, 0.5) is 4.39 Å². The van der Waals surface area contributed by atoms with Crippen LogP contribution in [0.1, 0.15) is 0 Å². The van der Waals surface area contributed by atoms with Crippen LogP contribution in [0.5, 0.6) is 0 Å². The number of halogens is 2. The van der Waals surface area contributed by atoms with Crippen LogP contribution in [-0.2, 0) is 4.74 Å². The number of rotatable bonds is 1. The van der Waals surface area contributed by atoms with Crippen molar-refractivity contribution >= 4 is 22.1 Å². The predicted molar refractivity (Wildman–Crippen MR) is 41.2 cm³/mol. The number of nitrogens with zero attached hydrogens (tertiary/aromatic N) is 1. The molecular weight excluding hydrogens is 201 g/mol. The Morgan fingerprint density at radius 3 is 2.90 bits per heavy atom. The van der Waals surface area contributed by atoms with Crippen molar-refractivity contribution in [3.8, 4) is 0 Å². The summed E-state index contributed by atoms with van der Waals surface area (Å²) in [4.78, 5) is 3.74. The van der Waals surface area contributed by atoms with E-state index >= 15 is 0 Å². The molecule has 0 radical (unpaired) electrons. The molecule has 1 aliphatic rings. The number of dihydropyridines is 1. The van der Waals surface area contributed by atoms with Gasteiger partial charge in [-0.2, -0.15) is 0 Å². The Morgan fingerprint density at radius 1 is 1.80 bits per heavy atom. The highest BCUT2D eigenvalue weighted by Gasteiger charge is 2.34. The first-order valence-corrected chi connectivity index (χ1v) is 3.58. The van der Waals surface area contributed by atoms with Gasteiger partial charge in [-0.3, -0.25) is 4.99 Å². The number of methoxy groups -OCH3 is 1. The molecule has 10 heavy (non-hydrogen) atoms. The first-order valence-electron chi connectivity index (χ1n) is 2.78. The van der Waals surface area contributed by atoms with E-state index in [1.165, 1.54) is 25.5 Å². The van der Waals surface area contributed by atoms with Crippen LogP contribution in [0.3, 0.4) is 0 Å². The van der Waals surface area contributed by atoms with Crippen LogP contribution in [0.25, 0.3) is 0 Å². The molecule has 0 aromatic heterocycles. The third-order valence-electron chi connectivity index (χ3n) is 1.18. The molecule has 0 spiro atoms. The van der Waals surface area contributed by atoms with Crippen molar-refractivity contribution in [3.63, 3.8) is 0 Å². The maximum absolute atomic E-state index is 13.1. The molecule has 4 heteroatoms. The van der Waals surface area contributed by atoms with E-state index in [2.05, 4.69) is 20.9 Å². The second kappa shape index (κ2) is 2.80. The fourth-order valence-electron chi connectivity index (χ4n) is 0.699. The minimum absolute atomic E-state index is 0.766. The number of aliphatic imine (C=N–C) groups is 1. The first kappa shape index (κ1) is 7.88. The minimum Gasteiger partial charge on any atom is -0.355 e. The molecule has 0 aromatic rings. The van der Waals surface area contributed by atoms with Crippen molar-refractivity contribution < 1.29 is 9.13 Å². The molecule has 0 bridgehead atoms. The summed E-state index contributed by atoms with van der Waals surface area (Å²) < 4.78 is 16.2. The van der Waals surface area contributed by atoms with Gasteiger partial charge in [-0.05, 0) is 28.1 Å². The van der Waals surface area contributed by atoms with E-state index in [1.54, 1.807) is 0 Å². The van der Waals surface area contributed by atoms with Crippen molar-refractivity contribution in [2.24, 2.45) is 4.99 Å². The Bertz CT molecular complexity index is 179. The van der Waals surface area contributed by atoms with Crippen molar-refractivity contribution in [1.29, 1.82) is 0 Å². The maximum atomic E-state index is 13.1. The summed E-state index contributed by atoms with van der Waals surface area (Å²) in [5.74, 6) is 0. The highest BCUT2D eigenvalue weighted by Crippen LogP contribution is 2.30. The number of hydrogen-bond donors (Lipinski definition) is 0. The molecule has 56 valence electrons. The molecule has 0 fully saturated rings. The Morgan fingerprint density at radius 2 is 2.50 bits per heavy atom. The summed E-state index contributed by atoms with van der Waals surface area (Å²) in [5, 5.41) is 0. The fraction of sp³-hybridized carbons (Fsp3) is 0.500. The number of allylic oxidation sites excluding steroid dienone is 1. The van der Waals surface area contributed by atoms with Crippen LogP contribution >= 0.6 is 15.9 Å². The molecule has 0 aliphatic carbocycles. The van der Waals surface area contributed by atoms with Crippen molar-refractivity contribution in [2.75, 3.05) is 7.11 Å². The largest absolute Gasteiger partial charge is 0.355 e. The van der Waals surface area contributed by atoms with Gasteiger partial charge < -0.3 is 4.74 Å². The smallest absolute Gasteiger partial charge is 0.229 e. The highest BCUT2D eigenvalue weighted by atomic mass is 79.9.